The van der Waals surface area contributed by atoms with Crippen LogP contribution in [0.3, 0.4) is 0 Å². The van der Waals surface area contributed by atoms with Gasteiger partial charge in [-0.2, -0.15) is 10.4 Å². The van der Waals surface area contributed by atoms with Crippen molar-refractivity contribution in [2.24, 2.45) is 5.10 Å². The highest BCUT2D eigenvalue weighted by molar-refractivity contribution is 5.91. The van der Waals surface area contributed by atoms with Gasteiger partial charge in [0.2, 0.25) is 0 Å². The van der Waals surface area contributed by atoms with Crippen LogP contribution < -0.4 is 10.2 Å². The summed E-state index contributed by atoms with van der Waals surface area (Å²) in [6.07, 6.45) is 1.46. The lowest BCUT2D eigenvalue weighted by atomic mass is 9.85. The Bertz CT molecular complexity index is 971. The Hall–Kier alpha value is -3.95. The van der Waals surface area contributed by atoms with Crippen LogP contribution in [0.5, 0.6) is 5.75 Å². The van der Waals surface area contributed by atoms with E-state index in [1.807, 2.05) is 18.2 Å². The zero-order valence-corrected chi connectivity index (χ0v) is 15.5. The molecule has 0 atom stereocenters. The molecule has 0 unspecified atom stereocenters. The second-order valence-corrected chi connectivity index (χ2v) is 6.16. The Morgan fingerprint density at radius 2 is 1.55 bits per heavy atom. The van der Waals surface area contributed by atoms with Crippen LogP contribution in [0.15, 0.2) is 90.0 Å². The first-order valence-corrected chi connectivity index (χ1v) is 8.91. The topological polar surface area (TPSA) is 94.7 Å². The van der Waals surface area contributed by atoms with Crippen molar-refractivity contribution in [1.82, 2.24) is 5.43 Å². The standard InChI is InChI=1S/C23H19N3O3/c24-15-16-29-21-13-11-18(12-14-21)17-25-26-22(27)23(28,19-7-3-1-4-8-19)20-9-5-2-6-10-20/h1-14,17,28H,16H2,(H,26,27). The second-order valence-electron chi connectivity index (χ2n) is 6.16. The van der Waals surface area contributed by atoms with Crippen LogP contribution in [-0.2, 0) is 10.4 Å². The summed E-state index contributed by atoms with van der Waals surface area (Å²) in [6, 6.07) is 26.2. The molecule has 0 heterocycles. The van der Waals surface area contributed by atoms with Crippen LogP contribution in [-0.4, -0.2) is 23.8 Å². The largest absolute Gasteiger partial charge is 0.479 e. The monoisotopic (exact) mass is 385 g/mol. The maximum absolute atomic E-state index is 12.9. The third-order valence-corrected chi connectivity index (χ3v) is 4.27. The number of hydrogen-bond donors (Lipinski definition) is 2. The van der Waals surface area contributed by atoms with Crippen molar-refractivity contribution in [1.29, 1.82) is 5.26 Å². The Balaban J connectivity index is 1.77. The first-order valence-electron chi connectivity index (χ1n) is 8.91. The number of carbonyl (C=O) groups is 1. The SMILES string of the molecule is N#CCOc1ccc(C=NNC(=O)C(O)(c2ccccc2)c2ccccc2)cc1. The Kier molecular flexibility index (Phi) is 6.36. The fraction of sp³-hybridized carbons (Fsp3) is 0.0870. The molecule has 0 bridgehead atoms. The molecule has 0 fully saturated rings. The predicted molar refractivity (Wildman–Crippen MR) is 109 cm³/mol. The lowest BCUT2D eigenvalue weighted by Gasteiger charge is -2.27. The van der Waals surface area contributed by atoms with Crippen LogP contribution in [0.4, 0.5) is 0 Å². The first-order chi connectivity index (χ1) is 14.1. The third kappa shape index (κ3) is 4.67. The first kappa shape index (κ1) is 19.8. The Labute approximate surface area is 168 Å². The number of hydrogen-bond acceptors (Lipinski definition) is 5. The minimum atomic E-state index is -1.88. The van der Waals surface area contributed by atoms with Crippen LogP contribution in [0.25, 0.3) is 0 Å². The summed E-state index contributed by atoms with van der Waals surface area (Å²) in [5.74, 6) is -0.101. The fourth-order valence-corrected chi connectivity index (χ4v) is 2.80. The van der Waals surface area contributed by atoms with E-state index < -0.39 is 11.5 Å². The molecule has 6 heteroatoms. The van der Waals surface area contributed by atoms with Gasteiger partial charge in [0.25, 0.3) is 5.91 Å². The lowest BCUT2D eigenvalue weighted by molar-refractivity contribution is -0.136. The molecule has 1 amide bonds. The number of rotatable bonds is 7. The van der Waals surface area contributed by atoms with Gasteiger partial charge in [0.15, 0.2) is 12.2 Å². The number of nitriles is 1. The molecule has 2 N–H and O–H groups in total. The summed E-state index contributed by atoms with van der Waals surface area (Å²) in [5, 5.41) is 23.8. The van der Waals surface area contributed by atoms with Crippen molar-refractivity contribution >= 4 is 12.1 Å². The van der Waals surface area contributed by atoms with E-state index in [-0.39, 0.29) is 6.61 Å². The van der Waals surface area contributed by atoms with Gasteiger partial charge in [0.1, 0.15) is 11.8 Å². The molecule has 0 saturated carbocycles. The highest BCUT2D eigenvalue weighted by atomic mass is 16.5. The van der Waals surface area contributed by atoms with Crippen molar-refractivity contribution in [2.75, 3.05) is 6.61 Å². The molecule has 3 rings (SSSR count). The van der Waals surface area contributed by atoms with Crippen LogP contribution in [0, 0.1) is 11.3 Å². The predicted octanol–water partition coefficient (Wildman–Crippen LogP) is 2.98. The summed E-state index contributed by atoms with van der Waals surface area (Å²) < 4.78 is 5.19. The molecule has 0 aromatic heterocycles. The maximum Gasteiger partial charge on any atom is 0.281 e. The van der Waals surface area contributed by atoms with Crippen molar-refractivity contribution in [3.63, 3.8) is 0 Å². The number of carbonyl (C=O) groups excluding carboxylic acids is 1. The van der Waals surface area contributed by atoms with Crippen LogP contribution in [0.2, 0.25) is 0 Å². The molecule has 0 aliphatic heterocycles. The molecular weight excluding hydrogens is 366 g/mol. The quantitative estimate of drug-likeness (QED) is 0.483. The van der Waals surface area contributed by atoms with Gasteiger partial charge in [-0.3, -0.25) is 4.79 Å². The summed E-state index contributed by atoms with van der Waals surface area (Å²) >= 11 is 0. The van der Waals surface area contributed by atoms with E-state index in [0.29, 0.717) is 16.9 Å². The molecule has 0 spiro atoms. The van der Waals surface area contributed by atoms with Gasteiger partial charge in [-0.25, -0.2) is 5.43 Å². The number of amides is 1. The molecule has 6 nitrogen and oxygen atoms in total. The van der Waals surface area contributed by atoms with Gasteiger partial charge in [0.05, 0.1) is 6.21 Å². The zero-order valence-electron chi connectivity index (χ0n) is 15.5. The van der Waals surface area contributed by atoms with E-state index in [4.69, 9.17) is 10.00 Å². The number of hydrazone groups is 1. The van der Waals surface area contributed by atoms with Gasteiger partial charge < -0.3 is 9.84 Å². The minimum Gasteiger partial charge on any atom is -0.479 e. The molecular formula is C23H19N3O3. The van der Waals surface area contributed by atoms with Crippen molar-refractivity contribution in [3.05, 3.63) is 102 Å². The van der Waals surface area contributed by atoms with Crippen molar-refractivity contribution < 1.29 is 14.6 Å². The lowest BCUT2D eigenvalue weighted by Crippen LogP contribution is -2.43. The molecule has 3 aromatic rings. The van der Waals surface area contributed by atoms with Gasteiger partial charge in [-0.1, -0.05) is 60.7 Å². The normalized spacial score (nSPS) is 11.0. The average molecular weight is 385 g/mol. The Morgan fingerprint density at radius 3 is 2.07 bits per heavy atom. The van der Waals surface area contributed by atoms with Gasteiger partial charge in [-0.15, -0.1) is 0 Å². The average Bonchev–Trinajstić information content (AvgIpc) is 2.79. The van der Waals surface area contributed by atoms with Gasteiger partial charge >= 0.3 is 0 Å². The molecule has 0 radical (unpaired) electrons. The fourth-order valence-electron chi connectivity index (χ4n) is 2.80. The molecule has 0 aliphatic carbocycles. The summed E-state index contributed by atoms with van der Waals surface area (Å²) in [6.45, 7) is -0.0267. The van der Waals surface area contributed by atoms with E-state index in [2.05, 4.69) is 10.5 Å². The highest BCUT2D eigenvalue weighted by Gasteiger charge is 2.39. The van der Waals surface area contributed by atoms with Gasteiger partial charge in [0, 0.05) is 0 Å². The number of benzene rings is 3. The number of nitrogens with one attached hydrogen (secondary N) is 1. The minimum absolute atomic E-state index is 0.0267. The van der Waals surface area contributed by atoms with E-state index in [1.165, 1.54) is 6.21 Å². The summed E-state index contributed by atoms with van der Waals surface area (Å²) in [4.78, 5) is 12.9. The molecule has 144 valence electrons. The highest BCUT2D eigenvalue weighted by Crippen LogP contribution is 2.29. The maximum atomic E-state index is 12.9. The summed E-state index contributed by atoms with van der Waals surface area (Å²) in [7, 11) is 0. The number of aliphatic hydroxyl groups is 1. The third-order valence-electron chi connectivity index (χ3n) is 4.27. The molecule has 0 saturated heterocycles. The molecule has 0 aliphatic rings. The smallest absolute Gasteiger partial charge is 0.281 e. The van der Waals surface area contributed by atoms with E-state index >= 15 is 0 Å². The van der Waals surface area contributed by atoms with Crippen LogP contribution in [0.1, 0.15) is 16.7 Å². The summed E-state index contributed by atoms with van der Waals surface area (Å²) in [5.41, 5.74) is 2.15. The van der Waals surface area contributed by atoms with E-state index in [9.17, 15) is 9.90 Å². The van der Waals surface area contributed by atoms with E-state index in [1.54, 1.807) is 72.8 Å². The second kappa shape index (κ2) is 9.31. The number of nitrogens with zero attached hydrogens (tertiary/aromatic N) is 2. The van der Waals surface area contributed by atoms with Crippen LogP contribution >= 0.6 is 0 Å². The van der Waals surface area contributed by atoms with Crippen molar-refractivity contribution in [3.8, 4) is 11.8 Å². The van der Waals surface area contributed by atoms with E-state index in [0.717, 1.165) is 5.56 Å². The Morgan fingerprint density at radius 1 is 1.00 bits per heavy atom. The zero-order chi connectivity index (χ0) is 20.5. The number of ether oxygens (including phenoxy) is 1. The van der Waals surface area contributed by atoms with Gasteiger partial charge in [-0.05, 0) is 41.0 Å². The molecule has 3 aromatic carbocycles. The molecule has 29 heavy (non-hydrogen) atoms. The van der Waals surface area contributed by atoms with Crippen molar-refractivity contribution in [2.45, 2.75) is 5.60 Å².